The smallest absolute Gasteiger partial charge is 0.178 e. The van der Waals surface area contributed by atoms with Crippen LogP contribution in [0, 0.1) is 17.1 Å². The molecule has 2 aromatic rings. The molecular weight excluding hydrogens is 361 g/mol. The molecule has 3 rings (SSSR count). The van der Waals surface area contributed by atoms with Crippen LogP contribution in [-0.2, 0) is 6.61 Å². The van der Waals surface area contributed by atoms with Crippen molar-refractivity contribution in [1.82, 2.24) is 0 Å². The summed E-state index contributed by atoms with van der Waals surface area (Å²) in [5.41, 5.74) is 0.918. The second kappa shape index (κ2) is 7.01. The third-order valence-electron chi connectivity index (χ3n) is 3.82. The molecule has 3 nitrogen and oxygen atoms in total. The largest absolute Gasteiger partial charge is 0.485 e. The van der Waals surface area contributed by atoms with E-state index in [1.807, 2.05) is 36.4 Å². The minimum absolute atomic E-state index is 0.0686. The monoisotopic (exact) mass is 375 g/mol. The molecule has 1 fully saturated rings. The van der Waals surface area contributed by atoms with Crippen molar-refractivity contribution in [2.45, 2.75) is 32.0 Å². The lowest BCUT2D eigenvalue weighted by atomic mass is 9.96. The molecule has 0 aliphatic heterocycles. The first kappa shape index (κ1) is 15.8. The van der Waals surface area contributed by atoms with Crippen molar-refractivity contribution in [3.8, 4) is 17.6 Å². The lowest BCUT2D eigenvalue weighted by molar-refractivity contribution is 0.112. The zero-order valence-corrected chi connectivity index (χ0v) is 14.0. The summed E-state index contributed by atoms with van der Waals surface area (Å²) in [7, 11) is 0. The van der Waals surface area contributed by atoms with Crippen molar-refractivity contribution < 1.29 is 13.9 Å². The van der Waals surface area contributed by atoms with E-state index in [1.165, 1.54) is 6.07 Å². The van der Waals surface area contributed by atoms with Gasteiger partial charge in [-0.15, -0.1) is 0 Å². The molecule has 1 aliphatic carbocycles. The minimum Gasteiger partial charge on any atom is -0.485 e. The van der Waals surface area contributed by atoms with Crippen LogP contribution >= 0.6 is 15.9 Å². The molecule has 0 bridgehead atoms. The molecule has 1 saturated carbocycles. The molecule has 23 heavy (non-hydrogen) atoms. The molecule has 2 aromatic carbocycles. The molecule has 0 atom stereocenters. The van der Waals surface area contributed by atoms with Crippen LogP contribution < -0.4 is 9.47 Å². The topological polar surface area (TPSA) is 42.2 Å². The van der Waals surface area contributed by atoms with Crippen molar-refractivity contribution in [2.24, 2.45) is 0 Å². The van der Waals surface area contributed by atoms with Gasteiger partial charge < -0.3 is 9.47 Å². The summed E-state index contributed by atoms with van der Waals surface area (Å²) in [4.78, 5) is 0. The molecule has 0 amide bonds. The van der Waals surface area contributed by atoms with Gasteiger partial charge in [-0.1, -0.05) is 30.3 Å². The van der Waals surface area contributed by atoms with Gasteiger partial charge in [0, 0.05) is 6.07 Å². The summed E-state index contributed by atoms with van der Waals surface area (Å²) >= 11 is 3.20. The number of hydrogen-bond donors (Lipinski definition) is 0. The van der Waals surface area contributed by atoms with Crippen molar-refractivity contribution in [3.05, 3.63) is 57.8 Å². The number of nitrogens with zero attached hydrogens (tertiary/aromatic N) is 1. The molecule has 0 radical (unpaired) electrons. The molecule has 1 aliphatic rings. The molecular formula is C18H15BrFNO2. The summed E-state index contributed by atoms with van der Waals surface area (Å²) < 4.78 is 26.0. The second-order valence-corrected chi connectivity index (χ2v) is 6.23. The van der Waals surface area contributed by atoms with Crippen molar-refractivity contribution in [1.29, 1.82) is 5.26 Å². The Morgan fingerprint density at radius 1 is 1.26 bits per heavy atom. The van der Waals surface area contributed by atoms with Crippen LogP contribution in [0.2, 0.25) is 0 Å². The van der Waals surface area contributed by atoms with E-state index in [9.17, 15) is 4.39 Å². The van der Waals surface area contributed by atoms with Crippen LogP contribution in [0.3, 0.4) is 0 Å². The highest BCUT2D eigenvalue weighted by atomic mass is 79.9. The highest BCUT2D eigenvalue weighted by molar-refractivity contribution is 9.10. The Morgan fingerprint density at radius 3 is 2.61 bits per heavy atom. The maximum absolute atomic E-state index is 14.2. The quantitative estimate of drug-likeness (QED) is 0.740. The van der Waals surface area contributed by atoms with E-state index >= 15 is 0 Å². The average molecular weight is 376 g/mol. The molecule has 0 saturated heterocycles. The molecule has 0 unspecified atom stereocenters. The third-order valence-corrected chi connectivity index (χ3v) is 4.53. The van der Waals surface area contributed by atoms with Gasteiger partial charge in [0.05, 0.1) is 11.7 Å². The first-order valence-electron chi connectivity index (χ1n) is 7.44. The summed E-state index contributed by atoms with van der Waals surface area (Å²) in [5, 5.41) is 9.08. The predicted molar refractivity (Wildman–Crippen MR) is 87.9 cm³/mol. The fourth-order valence-corrected chi connectivity index (χ4v) is 2.78. The lowest BCUT2D eigenvalue weighted by Gasteiger charge is -2.28. The average Bonchev–Trinajstić information content (AvgIpc) is 2.54. The second-order valence-electron chi connectivity index (χ2n) is 5.44. The Kier molecular flexibility index (Phi) is 4.82. The maximum atomic E-state index is 14.2. The highest BCUT2D eigenvalue weighted by Crippen LogP contribution is 2.41. The first-order chi connectivity index (χ1) is 11.2. The SMILES string of the molecule is N#Cc1cc(OCc2ccccc2)c(OC2CCC2)c(Br)c1F. The number of hydrogen-bond acceptors (Lipinski definition) is 3. The molecule has 5 heteroatoms. The Morgan fingerprint density at radius 2 is 2.00 bits per heavy atom. The van der Waals surface area contributed by atoms with Crippen molar-refractivity contribution >= 4 is 15.9 Å². The van der Waals surface area contributed by atoms with E-state index in [0.29, 0.717) is 18.1 Å². The number of ether oxygens (including phenoxy) is 2. The van der Waals surface area contributed by atoms with Crippen LogP contribution in [0.5, 0.6) is 11.5 Å². The maximum Gasteiger partial charge on any atom is 0.178 e. The number of nitriles is 1. The third kappa shape index (κ3) is 3.48. The van der Waals surface area contributed by atoms with Gasteiger partial charge in [0.2, 0.25) is 0 Å². The van der Waals surface area contributed by atoms with Gasteiger partial charge in [-0.3, -0.25) is 0 Å². The van der Waals surface area contributed by atoms with Gasteiger partial charge in [0.15, 0.2) is 17.3 Å². The predicted octanol–water partition coefficient (Wildman–Crippen LogP) is 4.97. The Balaban J connectivity index is 1.89. The van der Waals surface area contributed by atoms with Gasteiger partial charge in [0.25, 0.3) is 0 Å². The standard InChI is InChI=1S/C18H15BrFNO2/c19-16-17(20)13(10-21)9-15(18(16)23-14-7-4-8-14)22-11-12-5-2-1-3-6-12/h1-3,5-6,9,14H,4,7-8,11H2. The van der Waals surface area contributed by atoms with Crippen LogP contribution in [0.4, 0.5) is 4.39 Å². The van der Waals surface area contributed by atoms with E-state index in [1.54, 1.807) is 0 Å². The van der Waals surface area contributed by atoms with Crippen LogP contribution in [0.1, 0.15) is 30.4 Å². The van der Waals surface area contributed by atoms with Crippen molar-refractivity contribution in [3.63, 3.8) is 0 Å². The van der Waals surface area contributed by atoms with Gasteiger partial charge in [-0.05, 0) is 40.8 Å². The Labute approximate surface area is 142 Å². The summed E-state index contributed by atoms with van der Waals surface area (Å²) in [6.07, 6.45) is 3.09. The lowest BCUT2D eigenvalue weighted by Crippen LogP contribution is -2.25. The van der Waals surface area contributed by atoms with E-state index in [0.717, 1.165) is 24.8 Å². The molecule has 118 valence electrons. The fraction of sp³-hybridized carbons (Fsp3) is 0.278. The summed E-state index contributed by atoms with van der Waals surface area (Å²) in [5.74, 6) is 0.0987. The van der Waals surface area contributed by atoms with E-state index in [2.05, 4.69) is 15.9 Å². The van der Waals surface area contributed by atoms with Crippen LogP contribution in [-0.4, -0.2) is 6.10 Å². The van der Waals surface area contributed by atoms with E-state index < -0.39 is 5.82 Å². The van der Waals surface area contributed by atoms with Gasteiger partial charge in [0.1, 0.15) is 17.1 Å². The van der Waals surface area contributed by atoms with E-state index in [4.69, 9.17) is 14.7 Å². The van der Waals surface area contributed by atoms with Gasteiger partial charge in [-0.25, -0.2) is 4.39 Å². The molecule has 0 spiro atoms. The Hall–Kier alpha value is -2.06. The fourth-order valence-electron chi connectivity index (χ4n) is 2.28. The molecule has 0 N–H and O–H groups in total. The number of halogens is 2. The Bertz CT molecular complexity index is 739. The minimum atomic E-state index is -0.617. The highest BCUT2D eigenvalue weighted by Gasteiger charge is 2.25. The summed E-state index contributed by atoms with van der Waals surface area (Å²) in [6.45, 7) is 0.324. The van der Waals surface area contributed by atoms with E-state index in [-0.39, 0.29) is 16.1 Å². The first-order valence-corrected chi connectivity index (χ1v) is 8.24. The molecule has 0 aromatic heterocycles. The van der Waals surface area contributed by atoms with Crippen LogP contribution in [0.15, 0.2) is 40.9 Å². The zero-order valence-electron chi connectivity index (χ0n) is 12.4. The normalized spacial score (nSPS) is 14.0. The molecule has 0 heterocycles. The number of rotatable bonds is 5. The number of benzene rings is 2. The summed E-state index contributed by atoms with van der Waals surface area (Å²) in [6, 6.07) is 12.9. The van der Waals surface area contributed by atoms with Crippen LogP contribution in [0.25, 0.3) is 0 Å². The van der Waals surface area contributed by atoms with Gasteiger partial charge in [-0.2, -0.15) is 5.26 Å². The van der Waals surface area contributed by atoms with Gasteiger partial charge >= 0.3 is 0 Å². The zero-order chi connectivity index (χ0) is 16.2. The van der Waals surface area contributed by atoms with Crippen molar-refractivity contribution in [2.75, 3.05) is 0 Å².